The number of fused-ring (bicyclic) bond motifs is 2. The minimum atomic E-state index is 0.514. The molecule has 0 saturated carbocycles. The summed E-state index contributed by atoms with van der Waals surface area (Å²) in [4.78, 5) is 17.9. The van der Waals surface area contributed by atoms with Crippen molar-refractivity contribution in [1.29, 1.82) is 0 Å². The van der Waals surface area contributed by atoms with Gasteiger partial charge in [0.2, 0.25) is 5.65 Å². The van der Waals surface area contributed by atoms with E-state index in [1.165, 1.54) is 0 Å². The van der Waals surface area contributed by atoms with Crippen LogP contribution in [-0.2, 0) is 13.0 Å². The Bertz CT molecular complexity index is 1310. The van der Waals surface area contributed by atoms with Crippen LogP contribution in [0, 0.1) is 0 Å². The molecule has 4 heterocycles. The third-order valence-corrected chi connectivity index (χ3v) is 4.69. The average molecular weight is 383 g/mol. The van der Waals surface area contributed by atoms with E-state index in [2.05, 4.69) is 31.3 Å². The lowest BCUT2D eigenvalue weighted by Gasteiger charge is -2.07. The molecule has 1 aromatic carbocycles. The van der Waals surface area contributed by atoms with E-state index >= 15 is 0 Å². The zero-order valence-electron chi connectivity index (χ0n) is 15.7. The van der Waals surface area contributed by atoms with Crippen LogP contribution in [0.1, 0.15) is 17.0 Å². The molecule has 142 valence electrons. The van der Waals surface area contributed by atoms with Gasteiger partial charge in [0.05, 0.1) is 36.8 Å². The average Bonchev–Trinajstić information content (AvgIpc) is 3.16. The van der Waals surface area contributed by atoms with Gasteiger partial charge in [0.15, 0.2) is 5.65 Å². The number of pyridine rings is 2. The van der Waals surface area contributed by atoms with Crippen molar-refractivity contribution in [2.75, 3.05) is 7.11 Å². The summed E-state index contributed by atoms with van der Waals surface area (Å²) < 4.78 is 7.15. The van der Waals surface area contributed by atoms with Gasteiger partial charge in [0.25, 0.3) is 0 Å². The van der Waals surface area contributed by atoms with Gasteiger partial charge in [0.1, 0.15) is 5.75 Å². The van der Waals surface area contributed by atoms with Crippen LogP contribution in [0.5, 0.6) is 5.75 Å². The summed E-state index contributed by atoms with van der Waals surface area (Å²) in [5, 5.41) is 9.47. The fraction of sp³-hybridized carbons (Fsp3) is 0.143. The van der Waals surface area contributed by atoms with Crippen molar-refractivity contribution in [3.63, 3.8) is 0 Å². The molecule has 0 aliphatic carbocycles. The molecule has 0 saturated heterocycles. The molecule has 0 N–H and O–H groups in total. The summed E-state index contributed by atoms with van der Waals surface area (Å²) in [5.41, 5.74) is 4.81. The largest absolute Gasteiger partial charge is 0.495 e. The standard InChI is InChI=1S/C21H17N7O/c1-29-19-5-3-9-23-18(19)11-16-12-24-20-21(25-16)28(27-26-20)13-14-6-7-17-15(10-14)4-2-8-22-17/h2-10,12H,11,13H2,1H3. The van der Waals surface area contributed by atoms with Gasteiger partial charge in [-0.2, -0.15) is 0 Å². The fourth-order valence-corrected chi connectivity index (χ4v) is 3.29. The first-order valence-corrected chi connectivity index (χ1v) is 9.17. The fourth-order valence-electron chi connectivity index (χ4n) is 3.29. The van der Waals surface area contributed by atoms with Gasteiger partial charge >= 0.3 is 0 Å². The van der Waals surface area contributed by atoms with E-state index in [0.717, 1.165) is 33.6 Å². The van der Waals surface area contributed by atoms with E-state index in [-0.39, 0.29) is 0 Å². The number of aromatic nitrogens is 7. The van der Waals surface area contributed by atoms with Crippen molar-refractivity contribution < 1.29 is 4.74 Å². The Labute approximate surface area is 166 Å². The van der Waals surface area contributed by atoms with Crippen LogP contribution in [0.15, 0.2) is 61.1 Å². The number of benzene rings is 1. The second-order valence-corrected chi connectivity index (χ2v) is 6.62. The maximum atomic E-state index is 5.38. The molecule has 0 amide bonds. The third kappa shape index (κ3) is 3.36. The number of ether oxygens (including phenoxy) is 1. The van der Waals surface area contributed by atoms with Gasteiger partial charge in [-0.25, -0.2) is 14.6 Å². The van der Waals surface area contributed by atoms with Gasteiger partial charge < -0.3 is 4.74 Å². The number of methoxy groups -OCH3 is 1. The van der Waals surface area contributed by atoms with Crippen molar-refractivity contribution in [2.45, 2.75) is 13.0 Å². The van der Waals surface area contributed by atoms with E-state index < -0.39 is 0 Å². The zero-order chi connectivity index (χ0) is 19.6. The van der Waals surface area contributed by atoms with Crippen LogP contribution in [0.3, 0.4) is 0 Å². The minimum Gasteiger partial charge on any atom is -0.495 e. The molecule has 0 atom stereocenters. The van der Waals surface area contributed by atoms with Gasteiger partial charge in [0, 0.05) is 24.2 Å². The van der Waals surface area contributed by atoms with Crippen LogP contribution in [-0.4, -0.2) is 42.0 Å². The summed E-state index contributed by atoms with van der Waals surface area (Å²) in [6, 6.07) is 13.9. The van der Waals surface area contributed by atoms with E-state index in [9.17, 15) is 0 Å². The lowest BCUT2D eigenvalue weighted by molar-refractivity contribution is 0.407. The van der Waals surface area contributed by atoms with Crippen molar-refractivity contribution in [2.24, 2.45) is 0 Å². The maximum Gasteiger partial charge on any atom is 0.221 e. The molecule has 0 fully saturated rings. The van der Waals surface area contributed by atoms with E-state index in [1.54, 1.807) is 30.4 Å². The predicted octanol–water partition coefficient (Wildman–Crippen LogP) is 2.81. The van der Waals surface area contributed by atoms with Crippen molar-refractivity contribution in [3.8, 4) is 5.75 Å². The van der Waals surface area contributed by atoms with Crippen molar-refractivity contribution in [1.82, 2.24) is 34.9 Å². The number of hydrogen-bond donors (Lipinski definition) is 0. The van der Waals surface area contributed by atoms with E-state index in [0.29, 0.717) is 24.3 Å². The molecule has 0 spiro atoms. The molecule has 0 radical (unpaired) electrons. The number of nitrogens with zero attached hydrogens (tertiary/aromatic N) is 7. The Morgan fingerprint density at radius 1 is 1.00 bits per heavy atom. The zero-order valence-corrected chi connectivity index (χ0v) is 15.7. The highest BCUT2D eigenvalue weighted by Crippen LogP contribution is 2.19. The van der Waals surface area contributed by atoms with Crippen LogP contribution in [0.2, 0.25) is 0 Å². The molecular formula is C21H17N7O. The van der Waals surface area contributed by atoms with E-state index in [1.807, 2.05) is 36.4 Å². The SMILES string of the molecule is COc1cccnc1Cc1cnc2nnn(Cc3ccc4ncccc4c3)c2n1. The molecule has 8 heteroatoms. The first kappa shape index (κ1) is 17.2. The monoisotopic (exact) mass is 383 g/mol. The second kappa shape index (κ2) is 7.23. The maximum absolute atomic E-state index is 5.38. The summed E-state index contributed by atoms with van der Waals surface area (Å²) in [7, 11) is 1.63. The lowest BCUT2D eigenvalue weighted by Crippen LogP contribution is -2.05. The quantitative estimate of drug-likeness (QED) is 0.461. The normalized spacial score (nSPS) is 11.2. The molecular weight excluding hydrogens is 366 g/mol. The molecule has 5 rings (SSSR count). The Morgan fingerprint density at radius 3 is 2.83 bits per heavy atom. The highest BCUT2D eigenvalue weighted by Gasteiger charge is 2.12. The van der Waals surface area contributed by atoms with Crippen LogP contribution in [0.4, 0.5) is 0 Å². The Kier molecular flexibility index (Phi) is 4.28. The smallest absolute Gasteiger partial charge is 0.221 e. The molecule has 0 unspecified atom stereocenters. The molecule has 8 nitrogen and oxygen atoms in total. The lowest BCUT2D eigenvalue weighted by atomic mass is 10.1. The summed E-state index contributed by atoms with van der Waals surface area (Å²) >= 11 is 0. The Balaban J connectivity index is 1.47. The van der Waals surface area contributed by atoms with Crippen molar-refractivity contribution in [3.05, 3.63) is 78.0 Å². The molecule has 0 aliphatic rings. The number of hydrogen-bond acceptors (Lipinski definition) is 7. The topological polar surface area (TPSA) is 91.5 Å². The molecule has 0 bridgehead atoms. The second-order valence-electron chi connectivity index (χ2n) is 6.62. The van der Waals surface area contributed by atoms with Crippen LogP contribution in [0.25, 0.3) is 22.2 Å². The first-order valence-electron chi connectivity index (χ1n) is 9.17. The summed E-state index contributed by atoms with van der Waals surface area (Å²) in [6.07, 6.45) is 5.75. The third-order valence-electron chi connectivity index (χ3n) is 4.69. The highest BCUT2D eigenvalue weighted by molar-refractivity contribution is 5.79. The first-order chi connectivity index (χ1) is 14.3. The van der Waals surface area contributed by atoms with Gasteiger partial charge in [-0.15, -0.1) is 5.10 Å². The van der Waals surface area contributed by atoms with Gasteiger partial charge in [-0.05, 0) is 35.9 Å². The Morgan fingerprint density at radius 2 is 1.90 bits per heavy atom. The summed E-state index contributed by atoms with van der Waals surface area (Å²) in [5.74, 6) is 0.728. The molecule has 0 aliphatic heterocycles. The highest BCUT2D eigenvalue weighted by atomic mass is 16.5. The van der Waals surface area contributed by atoms with Gasteiger partial charge in [-0.1, -0.05) is 17.3 Å². The summed E-state index contributed by atoms with van der Waals surface area (Å²) in [6.45, 7) is 0.548. The predicted molar refractivity (Wildman–Crippen MR) is 108 cm³/mol. The van der Waals surface area contributed by atoms with Crippen LogP contribution < -0.4 is 4.74 Å². The van der Waals surface area contributed by atoms with Gasteiger partial charge in [-0.3, -0.25) is 9.97 Å². The van der Waals surface area contributed by atoms with Crippen LogP contribution >= 0.6 is 0 Å². The van der Waals surface area contributed by atoms with E-state index in [4.69, 9.17) is 9.72 Å². The Hall–Kier alpha value is -3.94. The number of rotatable bonds is 5. The molecule has 5 aromatic rings. The molecule has 29 heavy (non-hydrogen) atoms. The van der Waals surface area contributed by atoms with Crippen molar-refractivity contribution >= 4 is 22.2 Å². The minimum absolute atomic E-state index is 0.514. The molecule has 4 aromatic heterocycles.